The van der Waals surface area contributed by atoms with E-state index < -0.39 is 5.91 Å². The highest BCUT2D eigenvalue weighted by Crippen LogP contribution is 2.30. The Morgan fingerprint density at radius 3 is 2.76 bits per heavy atom. The highest BCUT2D eigenvalue weighted by atomic mass is 35.5. The summed E-state index contributed by atoms with van der Waals surface area (Å²) in [5.74, 6) is 0.794. The molecule has 1 N–H and O–H groups in total. The number of anilines is 1. The maximum absolute atomic E-state index is 12.1. The van der Waals surface area contributed by atoms with Gasteiger partial charge in [-0.1, -0.05) is 41.4 Å². The van der Waals surface area contributed by atoms with E-state index in [-0.39, 0.29) is 6.61 Å². The molecule has 1 amide bonds. The number of amides is 1. The number of halogens is 2. The highest BCUT2D eigenvalue weighted by Gasteiger charge is 2.18. The van der Waals surface area contributed by atoms with Gasteiger partial charge in [0.15, 0.2) is 6.61 Å². The van der Waals surface area contributed by atoms with Gasteiger partial charge >= 0.3 is 0 Å². The first-order valence-corrected chi connectivity index (χ1v) is 11.7. The molecule has 0 aromatic heterocycles. The minimum Gasteiger partial charge on any atom is -0.496 e. The number of nitrogens with zero attached hydrogens (tertiary/aromatic N) is 2. The van der Waals surface area contributed by atoms with E-state index in [1.54, 1.807) is 31.5 Å². The van der Waals surface area contributed by atoms with E-state index in [0.717, 1.165) is 42.8 Å². The van der Waals surface area contributed by atoms with Crippen LogP contribution in [-0.4, -0.2) is 32.4 Å². The van der Waals surface area contributed by atoms with Gasteiger partial charge in [-0.2, -0.15) is 5.10 Å². The Morgan fingerprint density at radius 2 is 1.94 bits per heavy atom. The van der Waals surface area contributed by atoms with E-state index in [1.807, 2.05) is 18.2 Å². The van der Waals surface area contributed by atoms with Gasteiger partial charge in [0, 0.05) is 29.4 Å². The number of carbonyl (C=O) groups is 1. The number of nitrogens with one attached hydrogen (secondary N) is 1. The van der Waals surface area contributed by atoms with E-state index in [4.69, 9.17) is 32.7 Å². The molecule has 1 heterocycles. The lowest BCUT2D eigenvalue weighted by Crippen LogP contribution is -2.29. The predicted molar refractivity (Wildman–Crippen MR) is 137 cm³/mol. The van der Waals surface area contributed by atoms with E-state index in [9.17, 15) is 4.79 Å². The summed E-state index contributed by atoms with van der Waals surface area (Å²) < 4.78 is 11.0. The third-order valence-electron chi connectivity index (χ3n) is 5.53. The summed E-state index contributed by atoms with van der Waals surface area (Å²) >= 11 is 11.9. The fourth-order valence-electron chi connectivity index (χ4n) is 3.93. The van der Waals surface area contributed by atoms with Gasteiger partial charge in [-0.3, -0.25) is 4.79 Å². The molecule has 0 aliphatic carbocycles. The first-order valence-electron chi connectivity index (χ1n) is 10.9. The largest absolute Gasteiger partial charge is 0.496 e. The van der Waals surface area contributed by atoms with Crippen LogP contribution in [0.2, 0.25) is 10.0 Å². The lowest BCUT2D eigenvalue weighted by atomic mass is 10.0. The number of hydrogen-bond donors (Lipinski definition) is 1. The molecule has 1 aliphatic rings. The Bertz CT molecular complexity index is 1200. The van der Waals surface area contributed by atoms with E-state index >= 15 is 0 Å². The molecule has 3 aromatic carbocycles. The second kappa shape index (κ2) is 11.3. The van der Waals surface area contributed by atoms with Crippen LogP contribution in [0, 0.1) is 0 Å². The summed E-state index contributed by atoms with van der Waals surface area (Å²) in [5.41, 5.74) is 7.01. The quantitative estimate of drug-likeness (QED) is 0.330. The van der Waals surface area contributed by atoms with Crippen LogP contribution in [0.15, 0.2) is 65.8 Å². The van der Waals surface area contributed by atoms with E-state index in [0.29, 0.717) is 15.8 Å². The Labute approximate surface area is 209 Å². The summed E-state index contributed by atoms with van der Waals surface area (Å²) in [4.78, 5) is 14.5. The maximum Gasteiger partial charge on any atom is 0.277 e. The zero-order chi connectivity index (χ0) is 23.9. The summed E-state index contributed by atoms with van der Waals surface area (Å²) in [6.45, 7) is 1.50. The lowest BCUT2D eigenvalue weighted by Gasteiger charge is -2.31. The predicted octanol–water partition coefficient (Wildman–Crippen LogP) is 5.48. The fraction of sp³-hybridized carbons (Fsp3) is 0.231. The summed E-state index contributed by atoms with van der Waals surface area (Å²) in [6, 6.07) is 19.2. The molecule has 176 valence electrons. The van der Waals surface area contributed by atoms with Crippen LogP contribution in [0.1, 0.15) is 23.1 Å². The molecule has 0 fully saturated rings. The number of fused-ring (bicyclic) bond motifs is 1. The molecule has 0 saturated heterocycles. The number of hydrogen-bond acceptors (Lipinski definition) is 5. The highest BCUT2D eigenvalue weighted by molar-refractivity contribution is 6.35. The van der Waals surface area contributed by atoms with Gasteiger partial charge in [0.25, 0.3) is 5.91 Å². The number of hydrazone groups is 1. The molecule has 6 nitrogen and oxygen atoms in total. The summed E-state index contributed by atoms with van der Waals surface area (Å²) in [5, 5.41) is 4.89. The molecule has 0 bridgehead atoms. The van der Waals surface area contributed by atoms with Crippen molar-refractivity contribution in [2.75, 3.05) is 25.2 Å². The van der Waals surface area contributed by atoms with Crippen LogP contribution in [0.4, 0.5) is 5.69 Å². The number of benzene rings is 3. The monoisotopic (exact) mass is 497 g/mol. The van der Waals surface area contributed by atoms with Crippen LogP contribution in [-0.2, 0) is 17.8 Å². The Morgan fingerprint density at radius 1 is 1.12 bits per heavy atom. The molecule has 0 atom stereocenters. The third kappa shape index (κ3) is 6.01. The summed E-state index contributed by atoms with van der Waals surface area (Å²) in [7, 11) is 1.67. The minimum absolute atomic E-state index is 0.221. The van der Waals surface area contributed by atoms with Crippen LogP contribution < -0.4 is 19.8 Å². The van der Waals surface area contributed by atoms with Gasteiger partial charge in [0.1, 0.15) is 11.5 Å². The van der Waals surface area contributed by atoms with Gasteiger partial charge in [0.05, 0.1) is 18.3 Å². The van der Waals surface area contributed by atoms with Crippen molar-refractivity contribution in [1.82, 2.24) is 5.43 Å². The van der Waals surface area contributed by atoms with Crippen molar-refractivity contribution in [3.63, 3.8) is 0 Å². The average molecular weight is 498 g/mol. The van der Waals surface area contributed by atoms with Crippen molar-refractivity contribution in [3.8, 4) is 11.5 Å². The Balaban J connectivity index is 1.38. The topological polar surface area (TPSA) is 63.2 Å². The molecule has 0 radical (unpaired) electrons. The van der Waals surface area contributed by atoms with Crippen LogP contribution >= 0.6 is 23.2 Å². The zero-order valence-corrected chi connectivity index (χ0v) is 20.3. The average Bonchev–Trinajstić information content (AvgIpc) is 2.84. The van der Waals surface area contributed by atoms with Gasteiger partial charge in [-0.15, -0.1) is 0 Å². The lowest BCUT2D eigenvalue weighted by molar-refractivity contribution is -0.123. The van der Waals surface area contributed by atoms with Gasteiger partial charge in [0.2, 0.25) is 0 Å². The smallest absolute Gasteiger partial charge is 0.277 e. The standard InChI is InChI=1S/C26H25Cl2N3O3/c1-33-24-10-8-18(13-20(24)16-31-12-4-6-19-5-2-3-7-23(19)31)15-29-30-26(32)17-34-25-11-9-21(27)14-22(25)28/h2-3,5,7-11,13-15H,4,6,12,16-17H2,1H3,(H,30,32)/b29-15+. The van der Waals surface area contributed by atoms with Crippen LogP contribution in [0.5, 0.6) is 11.5 Å². The molecular formula is C26H25Cl2N3O3. The van der Waals surface area contributed by atoms with Gasteiger partial charge in [-0.25, -0.2) is 5.43 Å². The number of aryl methyl sites for hydroxylation is 1. The summed E-state index contributed by atoms with van der Waals surface area (Å²) in [6.07, 6.45) is 3.82. The second-order valence-electron chi connectivity index (χ2n) is 7.88. The Hall–Kier alpha value is -3.22. The van der Waals surface area contributed by atoms with Crippen molar-refractivity contribution in [3.05, 3.63) is 87.4 Å². The van der Waals surface area contributed by atoms with Gasteiger partial charge in [-0.05, 0) is 66.4 Å². The zero-order valence-electron chi connectivity index (χ0n) is 18.8. The Kier molecular flexibility index (Phi) is 7.93. The van der Waals surface area contributed by atoms with Crippen LogP contribution in [0.3, 0.4) is 0 Å². The van der Waals surface area contributed by atoms with E-state index in [2.05, 4.69) is 39.7 Å². The molecule has 0 unspecified atom stereocenters. The molecular weight excluding hydrogens is 473 g/mol. The van der Waals surface area contributed by atoms with Crippen LogP contribution in [0.25, 0.3) is 0 Å². The molecule has 4 rings (SSSR count). The normalized spacial score (nSPS) is 13.0. The molecule has 0 spiro atoms. The molecule has 1 aliphatic heterocycles. The van der Waals surface area contributed by atoms with Crippen molar-refractivity contribution in [2.45, 2.75) is 19.4 Å². The SMILES string of the molecule is COc1ccc(/C=N/NC(=O)COc2ccc(Cl)cc2Cl)cc1CN1CCCc2ccccc21. The molecule has 34 heavy (non-hydrogen) atoms. The maximum atomic E-state index is 12.1. The minimum atomic E-state index is -0.402. The number of para-hydroxylation sites is 1. The molecule has 3 aromatic rings. The van der Waals surface area contributed by atoms with Crippen molar-refractivity contribution >= 4 is 41.0 Å². The first kappa shape index (κ1) is 23.9. The first-order chi connectivity index (χ1) is 16.5. The number of ether oxygens (including phenoxy) is 2. The fourth-order valence-corrected chi connectivity index (χ4v) is 4.39. The number of rotatable bonds is 8. The third-order valence-corrected chi connectivity index (χ3v) is 6.06. The van der Waals surface area contributed by atoms with Crippen molar-refractivity contribution < 1.29 is 14.3 Å². The van der Waals surface area contributed by atoms with Crippen molar-refractivity contribution in [1.29, 1.82) is 0 Å². The number of carbonyl (C=O) groups excluding carboxylic acids is 1. The second-order valence-corrected chi connectivity index (χ2v) is 8.73. The van der Waals surface area contributed by atoms with Crippen molar-refractivity contribution in [2.24, 2.45) is 5.10 Å². The molecule has 0 saturated carbocycles. The van der Waals surface area contributed by atoms with E-state index in [1.165, 1.54) is 11.3 Å². The number of methoxy groups -OCH3 is 1. The van der Waals surface area contributed by atoms with Gasteiger partial charge < -0.3 is 14.4 Å². The molecule has 8 heteroatoms.